The standard InChI is InChI=1S/C23H33N3O5SSi/c1-5-8-30-22(29)20-18-15-11-13(27)6-7-14(15)16(12-17(18)25-26-23(24)32)19(20)21(28)31-9-10-33(2,3)4/h6-7,11,16,18-20,27H,5,8-10,12H2,1-4H3,(H3,24,26,32). The largest absolute Gasteiger partial charge is 0.508 e. The Labute approximate surface area is 200 Å². The molecule has 4 atom stereocenters. The summed E-state index contributed by atoms with van der Waals surface area (Å²) in [5, 5.41) is 14.5. The van der Waals surface area contributed by atoms with Crippen LogP contribution >= 0.6 is 12.2 Å². The highest BCUT2D eigenvalue weighted by atomic mass is 32.1. The van der Waals surface area contributed by atoms with Gasteiger partial charge in [-0.15, -0.1) is 0 Å². The Bertz CT molecular complexity index is 962. The van der Waals surface area contributed by atoms with Crippen molar-refractivity contribution in [3.63, 3.8) is 0 Å². The maximum atomic E-state index is 13.4. The third-order valence-electron chi connectivity index (χ3n) is 6.17. The van der Waals surface area contributed by atoms with E-state index in [2.05, 4.69) is 30.2 Å². The van der Waals surface area contributed by atoms with Crippen molar-refractivity contribution in [3.8, 4) is 5.75 Å². The van der Waals surface area contributed by atoms with Gasteiger partial charge >= 0.3 is 11.9 Å². The van der Waals surface area contributed by atoms with Gasteiger partial charge in [-0.25, -0.2) is 0 Å². The zero-order chi connectivity index (χ0) is 24.3. The molecule has 3 aliphatic carbocycles. The van der Waals surface area contributed by atoms with Crippen molar-refractivity contribution in [1.82, 2.24) is 5.43 Å². The first-order valence-corrected chi connectivity index (χ1v) is 15.4. The van der Waals surface area contributed by atoms with E-state index in [9.17, 15) is 14.7 Å². The summed E-state index contributed by atoms with van der Waals surface area (Å²) in [7, 11) is -1.39. The molecule has 0 radical (unpaired) electrons. The molecule has 10 heteroatoms. The highest BCUT2D eigenvalue weighted by Crippen LogP contribution is 2.55. The van der Waals surface area contributed by atoms with Crippen LogP contribution in [0.25, 0.3) is 0 Å². The summed E-state index contributed by atoms with van der Waals surface area (Å²) in [5.41, 5.74) is 10.5. The lowest BCUT2D eigenvalue weighted by Crippen LogP contribution is -2.51. The quantitative estimate of drug-likeness (QED) is 0.219. The molecule has 4 rings (SSSR count). The third kappa shape index (κ3) is 5.73. The van der Waals surface area contributed by atoms with Gasteiger partial charge in [0.2, 0.25) is 0 Å². The fourth-order valence-electron chi connectivity index (χ4n) is 4.68. The fourth-order valence-corrected chi connectivity index (χ4v) is 5.44. The number of benzene rings is 1. The third-order valence-corrected chi connectivity index (χ3v) is 7.97. The Balaban J connectivity index is 2.03. The second kappa shape index (κ2) is 10.2. The maximum absolute atomic E-state index is 13.4. The van der Waals surface area contributed by atoms with Gasteiger partial charge in [-0.2, -0.15) is 5.10 Å². The van der Waals surface area contributed by atoms with E-state index >= 15 is 0 Å². The first-order chi connectivity index (χ1) is 15.5. The molecule has 4 N–H and O–H groups in total. The van der Waals surface area contributed by atoms with Crippen molar-refractivity contribution in [1.29, 1.82) is 0 Å². The van der Waals surface area contributed by atoms with Crippen LogP contribution in [0.15, 0.2) is 23.3 Å². The average Bonchev–Trinajstić information content (AvgIpc) is 2.74. The van der Waals surface area contributed by atoms with Crippen molar-refractivity contribution in [2.24, 2.45) is 22.7 Å². The van der Waals surface area contributed by atoms with E-state index in [-0.39, 0.29) is 29.4 Å². The number of phenolic OH excluding ortho intramolecular Hbond substituents is 1. The zero-order valence-corrected chi connectivity index (χ0v) is 21.4. The topological polar surface area (TPSA) is 123 Å². The SMILES string of the molecule is CCCOC(=O)C1C2C(=NNC(N)=S)CC(c3ccc(O)cc32)C1C(=O)OCC[Si](C)(C)C. The van der Waals surface area contributed by atoms with E-state index in [1.54, 1.807) is 12.1 Å². The average molecular weight is 492 g/mol. The van der Waals surface area contributed by atoms with E-state index in [0.717, 1.165) is 17.2 Å². The minimum Gasteiger partial charge on any atom is -0.508 e. The van der Waals surface area contributed by atoms with E-state index in [4.69, 9.17) is 27.4 Å². The number of hydrazone groups is 1. The van der Waals surface area contributed by atoms with Gasteiger partial charge in [0.15, 0.2) is 5.11 Å². The highest BCUT2D eigenvalue weighted by Gasteiger charge is 2.57. The van der Waals surface area contributed by atoms with Crippen molar-refractivity contribution in [3.05, 3.63) is 29.3 Å². The van der Waals surface area contributed by atoms with E-state index < -0.39 is 31.8 Å². The Morgan fingerprint density at radius 3 is 2.48 bits per heavy atom. The molecule has 1 fully saturated rings. The molecule has 0 aromatic heterocycles. The van der Waals surface area contributed by atoms with Gasteiger partial charge in [0.25, 0.3) is 0 Å². The van der Waals surface area contributed by atoms with Crippen molar-refractivity contribution < 1.29 is 24.2 Å². The van der Waals surface area contributed by atoms with Crippen molar-refractivity contribution in [2.45, 2.75) is 57.3 Å². The van der Waals surface area contributed by atoms with Crippen molar-refractivity contribution >= 4 is 43.1 Å². The van der Waals surface area contributed by atoms with Crippen LogP contribution in [0.4, 0.5) is 0 Å². The fraction of sp³-hybridized carbons (Fsp3) is 0.565. The molecule has 0 heterocycles. The number of nitrogens with zero attached hydrogens (tertiary/aromatic N) is 1. The molecule has 1 saturated carbocycles. The monoisotopic (exact) mass is 491 g/mol. The number of ether oxygens (including phenoxy) is 2. The van der Waals surface area contributed by atoms with Gasteiger partial charge < -0.3 is 20.3 Å². The number of nitrogens with two attached hydrogens (primary N) is 1. The lowest BCUT2D eigenvalue weighted by Gasteiger charge is -2.47. The summed E-state index contributed by atoms with van der Waals surface area (Å²) in [4.78, 5) is 26.6. The first-order valence-electron chi connectivity index (χ1n) is 11.3. The van der Waals surface area contributed by atoms with Gasteiger partial charge in [0.1, 0.15) is 5.75 Å². The van der Waals surface area contributed by atoms with E-state index in [1.807, 2.05) is 13.0 Å². The summed E-state index contributed by atoms with van der Waals surface area (Å²) >= 11 is 4.89. The molecule has 180 valence electrons. The minimum absolute atomic E-state index is 0.00694. The Hall–Kier alpha value is -2.46. The van der Waals surface area contributed by atoms with Crippen LogP contribution < -0.4 is 11.2 Å². The summed E-state index contributed by atoms with van der Waals surface area (Å²) in [5.74, 6) is -3.16. The number of carbonyl (C=O) groups is 2. The molecule has 0 saturated heterocycles. The van der Waals surface area contributed by atoms with Gasteiger partial charge in [0.05, 0.1) is 25.0 Å². The summed E-state index contributed by atoms with van der Waals surface area (Å²) in [6.07, 6.45) is 1.11. The number of phenols is 1. The number of esters is 2. The molecule has 1 aromatic rings. The smallest absolute Gasteiger partial charge is 0.310 e. The molecule has 4 unspecified atom stereocenters. The number of hydrogen-bond donors (Lipinski definition) is 3. The number of hydrogen-bond acceptors (Lipinski definition) is 7. The summed E-state index contributed by atoms with van der Waals surface area (Å²) < 4.78 is 11.2. The number of aromatic hydroxyl groups is 1. The van der Waals surface area contributed by atoms with Crippen LogP contribution in [0.1, 0.15) is 42.7 Å². The van der Waals surface area contributed by atoms with E-state index in [0.29, 0.717) is 25.2 Å². The van der Waals surface area contributed by atoms with Crippen LogP contribution in [0.2, 0.25) is 25.7 Å². The van der Waals surface area contributed by atoms with Gasteiger partial charge in [-0.05, 0) is 54.4 Å². The predicted molar refractivity (Wildman–Crippen MR) is 133 cm³/mol. The minimum atomic E-state index is -1.39. The molecular weight excluding hydrogens is 458 g/mol. The molecule has 1 aromatic carbocycles. The Morgan fingerprint density at radius 1 is 1.18 bits per heavy atom. The Morgan fingerprint density at radius 2 is 1.85 bits per heavy atom. The van der Waals surface area contributed by atoms with Crippen molar-refractivity contribution in [2.75, 3.05) is 13.2 Å². The number of nitrogens with one attached hydrogen (secondary N) is 1. The molecule has 0 spiro atoms. The van der Waals surface area contributed by atoms with Crippen LogP contribution in [0.3, 0.4) is 0 Å². The number of rotatable bonds is 8. The molecule has 3 aliphatic rings. The van der Waals surface area contributed by atoms with Gasteiger partial charge in [-0.3, -0.25) is 15.0 Å². The van der Waals surface area contributed by atoms with Crippen LogP contribution in [-0.4, -0.2) is 49.2 Å². The van der Waals surface area contributed by atoms with Crippen LogP contribution in [0.5, 0.6) is 5.75 Å². The summed E-state index contributed by atoms with van der Waals surface area (Å²) in [6.45, 7) is 9.16. The number of thiocarbonyl (C=S) groups is 1. The molecule has 0 aliphatic heterocycles. The van der Waals surface area contributed by atoms with Crippen LogP contribution in [-0.2, 0) is 19.1 Å². The number of carbonyl (C=O) groups excluding carboxylic acids is 2. The zero-order valence-electron chi connectivity index (χ0n) is 19.6. The second-order valence-electron chi connectivity index (χ2n) is 9.88. The normalized spacial score (nSPS) is 24.8. The highest BCUT2D eigenvalue weighted by molar-refractivity contribution is 7.80. The van der Waals surface area contributed by atoms with Gasteiger partial charge in [0, 0.05) is 25.6 Å². The molecule has 2 bridgehead atoms. The first kappa shape index (κ1) is 25.2. The molecule has 8 nitrogen and oxygen atoms in total. The van der Waals surface area contributed by atoms with Crippen LogP contribution in [0, 0.1) is 11.8 Å². The maximum Gasteiger partial charge on any atom is 0.310 e. The van der Waals surface area contributed by atoms with Gasteiger partial charge in [-0.1, -0.05) is 32.6 Å². The molecule has 33 heavy (non-hydrogen) atoms. The molecular formula is C23H33N3O5SSi. The summed E-state index contributed by atoms with van der Waals surface area (Å²) in [6, 6.07) is 5.90. The Kier molecular flexibility index (Phi) is 7.79. The van der Waals surface area contributed by atoms with E-state index in [1.165, 1.54) is 0 Å². The molecule has 0 amide bonds. The number of fused-ring (bicyclic) bond motifs is 2. The predicted octanol–water partition coefficient (Wildman–Crippen LogP) is 3.23. The lowest BCUT2D eigenvalue weighted by atomic mass is 9.55. The lowest BCUT2D eigenvalue weighted by molar-refractivity contribution is -0.163. The second-order valence-corrected chi connectivity index (χ2v) is 15.9.